The third kappa shape index (κ3) is 2.67. The first kappa shape index (κ1) is 10.5. The topological polar surface area (TPSA) is 58.4 Å². The van der Waals surface area contributed by atoms with E-state index in [2.05, 4.69) is 17.1 Å². The van der Waals surface area contributed by atoms with Crippen molar-refractivity contribution in [2.24, 2.45) is 5.73 Å². The highest BCUT2D eigenvalue weighted by atomic mass is 16.1. The molecule has 1 aliphatic heterocycles. The summed E-state index contributed by atoms with van der Waals surface area (Å²) in [6, 6.07) is 0.703. The lowest BCUT2D eigenvalue weighted by atomic mass is 10.2. The van der Waals surface area contributed by atoms with Crippen molar-refractivity contribution >= 4 is 5.91 Å². The van der Waals surface area contributed by atoms with E-state index in [-0.39, 0.29) is 11.9 Å². The van der Waals surface area contributed by atoms with Crippen LogP contribution >= 0.6 is 0 Å². The van der Waals surface area contributed by atoms with Gasteiger partial charge in [-0.25, -0.2) is 0 Å². The van der Waals surface area contributed by atoms with Gasteiger partial charge < -0.3 is 11.1 Å². The maximum Gasteiger partial charge on any atom is 0.221 e. The average molecular weight is 185 g/mol. The van der Waals surface area contributed by atoms with E-state index in [4.69, 9.17) is 5.73 Å². The average Bonchev–Trinajstić information content (AvgIpc) is 2.44. The Morgan fingerprint density at radius 3 is 2.85 bits per heavy atom. The summed E-state index contributed by atoms with van der Waals surface area (Å²) in [6.07, 6.45) is 1.63. The van der Waals surface area contributed by atoms with E-state index in [1.54, 1.807) is 7.05 Å². The third-order valence-corrected chi connectivity index (χ3v) is 2.85. The zero-order valence-electron chi connectivity index (χ0n) is 8.42. The van der Waals surface area contributed by atoms with Gasteiger partial charge in [-0.15, -0.1) is 0 Å². The van der Waals surface area contributed by atoms with Crippen molar-refractivity contribution in [1.29, 1.82) is 0 Å². The molecule has 0 spiro atoms. The van der Waals surface area contributed by atoms with Crippen molar-refractivity contribution in [3.8, 4) is 0 Å². The van der Waals surface area contributed by atoms with Crippen molar-refractivity contribution in [3.63, 3.8) is 0 Å². The number of nitrogens with two attached hydrogens (primary N) is 1. The molecule has 1 saturated heterocycles. The Morgan fingerprint density at radius 2 is 2.38 bits per heavy atom. The van der Waals surface area contributed by atoms with Crippen LogP contribution in [0.25, 0.3) is 0 Å². The third-order valence-electron chi connectivity index (χ3n) is 2.85. The molecule has 0 aliphatic carbocycles. The second kappa shape index (κ2) is 4.58. The lowest BCUT2D eigenvalue weighted by Gasteiger charge is -2.22. The molecular formula is C9H19N3O. The minimum absolute atomic E-state index is 0.104. The number of nitrogens with zero attached hydrogens (tertiary/aromatic N) is 1. The molecule has 1 heterocycles. The van der Waals surface area contributed by atoms with Gasteiger partial charge in [-0.1, -0.05) is 0 Å². The smallest absolute Gasteiger partial charge is 0.221 e. The Bertz CT molecular complexity index is 184. The van der Waals surface area contributed by atoms with Crippen LogP contribution in [0.15, 0.2) is 0 Å². The molecule has 0 aromatic heterocycles. The zero-order chi connectivity index (χ0) is 9.84. The number of rotatable bonds is 3. The predicted octanol–water partition coefficient (Wildman–Crippen LogP) is -0.456. The molecular weight excluding hydrogens is 166 g/mol. The van der Waals surface area contributed by atoms with E-state index < -0.39 is 0 Å². The Labute approximate surface area is 79.5 Å². The molecule has 76 valence electrons. The van der Waals surface area contributed by atoms with Crippen molar-refractivity contribution in [2.75, 3.05) is 20.1 Å². The fourth-order valence-corrected chi connectivity index (χ4v) is 1.72. The fourth-order valence-electron chi connectivity index (χ4n) is 1.72. The molecule has 4 heteroatoms. The highest BCUT2D eigenvalue weighted by Crippen LogP contribution is 2.15. The first-order valence-electron chi connectivity index (χ1n) is 4.85. The second-order valence-corrected chi connectivity index (χ2v) is 3.65. The molecule has 4 nitrogen and oxygen atoms in total. The van der Waals surface area contributed by atoms with Gasteiger partial charge in [0.05, 0.1) is 0 Å². The van der Waals surface area contributed by atoms with Gasteiger partial charge in [0.1, 0.15) is 0 Å². The monoisotopic (exact) mass is 185 g/mol. The van der Waals surface area contributed by atoms with Gasteiger partial charge in [0.25, 0.3) is 0 Å². The van der Waals surface area contributed by atoms with Gasteiger partial charge in [0.2, 0.25) is 5.91 Å². The molecule has 0 aromatic rings. The number of carbonyl (C=O) groups excluding carboxylic acids is 1. The van der Waals surface area contributed by atoms with Gasteiger partial charge in [0.15, 0.2) is 0 Å². The van der Waals surface area contributed by atoms with Crippen LogP contribution in [-0.4, -0.2) is 43.0 Å². The van der Waals surface area contributed by atoms with E-state index in [9.17, 15) is 4.79 Å². The Balaban J connectivity index is 2.26. The number of likely N-dealkylation sites (tertiary alicyclic amines) is 1. The van der Waals surface area contributed by atoms with Crippen LogP contribution in [0, 0.1) is 0 Å². The van der Waals surface area contributed by atoms with E-state index in [0.29, 0.717) is 12.5 Å². The highest BCUT2D eigenvalue weighted by Gasteiger charge is 2.27. The molecule has 1 amide bonds. The van der Waals surface area contributed by atoms with Crippen molar-refractivity contribution in [1.82, 2.24) is 10.2 Å². The Kier molecular flexibility index (Phi) is 3.69. The first-order valence-corrected chi connectivity index (χ1v) is 4.85. The number of nitrogens with one attached hydrogen (secondary N) is 1. The van der Waals surface area contributed by atoms with Gasteiger partial charge in [0, 0.05) is 38.6 Å². The van der Waals surface area contributed by atoms with E-state index >= 15 is 0 Å². The highest BCUT2D eigenvalue weighted by molar-refractivity contribution is 5.75. The number of hydrogen-bond donors (Lipinski definition) is 2. The summed E-state index contributed by atoms with van der Waals surface area (Å²) in [7, 11) is 1.67. The van der Waals surface area contributed by atoms with Gasteiger partial charge in [-0.3, -0.25) is 9.69 Å². The van der Waals surface area contributed by atoms with Crippen molar-refractivity contribution in [3.05, 3.63) is 0 Å². The minimum Gasteiger partial charge on any atom is -0.359 e. The fraction of sp³-hybridized carbons (Fsp3) is 0.889. The molecule has 2 unspecified atom stereocenters. The van der Waals surface area contributed by atoms with Gasteiger partial charge >= 0.3 is 0 Å². The summed E-state index contributed by atoms with van der Waals surface area (Å²) in [5, 5.41) is 2.62. The lowest BCUT2D eigenvalue weighted by molar-refractivity contribution is -0.120. The summed E-state index contributed by atoms with van der Waals surface area (Å²) >= 11 is 0. The van der Waals surface area contributed by atoms with Gasteiger partial charge in [-0.05, 0) is 13.3 Å². The molecule has 2 atom stereocenters. The van der Waals surface area contributed by atoms with E-state index in [1.165, 1.54) is 0 Å². The summed E-state index contributed by atoms with van der Waals surface area (Å²) in [5.41, 5.74) is 5.87. The van der Waals surface area contributed by atoms with E-state index in [1.807, 2.05) is 0 Å². The van der Waals surface area contributed by atoms with Crippen molar-refractivity contribution < 1.29 is 4.79 Å². The first-order chi connectivity index (χ1) is 6.15. The summed E-state index contributed by atoms with van der Waals surface area (Å²) in [4.78, 5) is 13.3. The minimum atomic E-state index is 0.104. The van der Waals surface area contributed by atoms with Crippen LogP contribution < -0.4 is 11.1 Å². The SMILES string of the molecule is CNC(=O)CCN1CCC(N)C1C. The van der Waals surface area contributed by atoms with E-state index in [0.717, 1.165) is 19.5 Å². The largest absolute Gasteiger partial charge is 0.359 e. The zero-order valence-corrected chi connectivity index (χ0v) is 8.42. The molecule has 0 radical (unpaired) electrons. The van der Waals surface area contributed by atoms with Crippen molar-refractivity contribution in [2.45, 2.75) is 31.8 Å². The summed E-state index contributed by atoms with van der Waals surface area (Å²) in [6.45, 7) is 3.98. The summed E-state index contributed by atoms with van der Waals surface area (Å²) < 4.78 is 0. The summed E-state index contributed by atoms with van der Waals surface area (Å²) in [5.74, 6) is 0.104. The maximum absolute atomic E-state index is 11.0. The maximum atomic E-state index is 11.0. The quantitative estimate of drug-likeness (QED) is 0.626. The number of carbonyl (C=O) groups is 1. The normalized spacial score (nSPS) is 29.2. The van der Waals surface area contributed by atoms with Crippen LogP contribution in [0.1, 0.15) is 19.8 Å². The van der Waals surface area contributed by atoms with Crippen LogP contribution in [-0.2, 0) is 4.79 Å². The Hall–Kier alpha value is -0.610. The molecule has 0 saturated carbocycles. The molecule has 0 aromatic carbocycles. The standard InChI is InChI=1S/C9H19N3O/c1-7-8(10)3-5-12(7)6-4-9(13)11-2/h7-8H,3-6,10H2,1-2H3,(H,11,13). The molecule has 13 heavy (non-hydrogen) atoms. The molecule has 1 aliphatic rings. The van der Waals surface area contributed by atoms with Crippen LogP contribution in [0.5, 0.6) is 0 Å². The van der Waals surface area contributed by atoms with Crippen LogP contribution in [0.3, 0.4) is 0 Å². The molecule has 0 bridgehead atoms. The Morgan fingerprint density at radius 1 is 1.69 bits per heavy atom. The molecule has 3 N–H and O–H groups in total. The van der Waals surface area contributed by atoms with Crippen LogP contribution in [0.2, 0.25) is 0 Å². The number of hydrogen-bond acceptors (Lipinski definition) is 3. The number of amides is 1. The molecule has 1 fully saturated rings. The van der Waals surface area contributed by atoms with Crippen LogP contribution in [0.4, 0.5) is 0 Å². The molecule has 1 rings (SSSR count). The van der Waals surface area contributed by atoms with Gasteiger partial charge in [-0.2, -0.15) is 0 Å². The second-order valence-electron chi connectivity index (χ2n) is 3.65. The predicted molar refractivity (Wildman–Crippen MR) is 52.3 cm³/mol. The lowest BCUT2D eigenvalue weighted by Crippen LogP contribution is -2.38.